The third-order valence-corrected chi connectivity index (χ3v) is 18.0. The molecule has 4 fully saturated rings. The SMILES string of the molecule is Cc1cc(C)c(C(=O)N2CCN(c3ccc(F)cc3S(N)(=O)=O)CC2)nc1CC1CCN(c2ccccc2C#N)CC1.Cc1cc(C)c(C(=O)O)nc1CC1CCN(c2ccccc2C#N)CC1.NS(=O)(=O)c1cc(F)ccc1N1CCNCC1. The number of para-hydroxylation sites is 2. The first-order valence-electron chi connectivity index (χ1n) is 28.3. The van der Waals surface area contributed by atoms with Crippen LogP contribution in [-0.2, 0) is 32.9 Å². The van der Waals surface area contributed by atoms with Crippen molar-refractivity contribution in [1.29, 1.82) is 10.5 Å². The van der Waals surface area contributed by atoms with E-state index < -0.39 is 37.7 Å². The van der Waals surface area contributed by atoms with E-state index in [9.17, 15) is 50.8 Å². The number of aryl methyl sites for hydroxylation is 4. The van der Waals surface area contributed by atoms with Crippen LogP contribution in [0.5, 0.6) is 0 Å². The zero-order chi connectivity index (χ0) is 61.2. The first-order chi connectivity index (χ1) is 40.5. The van der Waals surface area contributed by atoms with Crippen LogP contribution >= 0.6 is 0 Å². The number of hydrogen-bond acceptors (Lipinski definition) is 15. The van der Waals surface area contributed by atoms with Crippen LogP contribution in [0.15, 0.2) is 107 Å². The van der Waals surface area contributed by atoms with E-state index in [1.807, 2.05) is 91.2 Å². The summed E-state index contributed by atoms with van der Waals surface area (Å²) in [5, 5.41) is 41.6. The van der Waals surface area contributed by atoms with Crippen molar-refractivity contribution in [3.63, 3.8) is 0 Å². The summed E-state index contributed by atoms with van der Waals surface area (Å²) in [7, 11) is -8.02. The van der Waals surface area contributed by atoms with Gasteiger partial charge in [-0.25, -0.2) is 50.7 Å². The summed E-state index contributed by atoms with van der Waals surface area (Å²) in [6.07, 6.45) is 5.57. The van der Waals surface area contributed by atoms with Gasteiger partial charge in [0.25, 0.3) is 5.91 Å². The molecule has 0 bridgehead atoms. The smallest absolute Gasteiger partial charge is 0.354 e. The van der Waals surface area contributed by atoms with Crippen LogP contribution in [0.25, 0.3) is 0 Å². The molecule has 6 heterocycles. The number of pyridine rings is 2. The van der Waals surface area contributed by atoms with Crippen LogP contribution in [0.2, 0.25) is 0 Å². The van der Waals surface area contributed by atoms with Gasteiger partial charge in [0.1, 0.15) is 39.3 Å². The van der Waals surface area contributed by atoms with Crippen LogP contribution in [0.3, 0.4) is 0 Å². The maximum absolute atomic E-state index is 13.8. The molecule has 0 radical (unpaired) electrons. The molecule has 10 rings (SSSR count). The van der Waals surface area contributed by atoms with E-state index in [0.717, 1.165) is 129 Å². The minimum absolute atomic E-state index is 0.151. The third kappa shape index (κ3) is 15.8. The molecule has 23 heteroatoms. The normalized spacial score (nSPS) is 16.1. The number of benzene rings is 4. The number of aromatic carboxylic acids is 1. The van der Waals surface area contributed by atoms with Gasteiger partial charge in [-0.05, 0) is 161 Å². The van der Waals surface area contributed by atoms with Crippen LogP contribution in [0.1, 0.15) is 91.4 Å². The van der Waals surface area contributed by atoms with E-state index >= 15 is 0 Å². The van der Waals surface area contributed by atoms with Crippen molar-refractivity contribution in [2.24, 2.45) is 22.1 Å². The van der Waals surface area contributed by atoms with Gasteiger partial charge in [-0.2, -0.15) is 10.5 Å². The molecule has 2 aromatic heterocycles. The van der Waals surface area contributed by atoms with Gasteiger partial charge in [0.15, 0.2) is 5.69 Å². The molecule has 0 aliphatic carbocycles. The standard InChI is InChI=1S/C31H35FN6O3S.C21H23N3O2.C10H14FN3O2S/c1-21-17-22(2)30(35-26(21)18-23-9-11-36(12-10-23)27-6-4-3-5-24(27)20-33)31(39)38-15-13-37(14-16-38)28-8-7-25(32)19-29(28)42(34,40)41;1-14-11-15(2)20(21(25)26)23-18(14)12-16-7-9-24(10-8-16)19-6-4-3-5-17(19)13-22;11-8-1-2-9(10(7-8)17(12,15)16)14-5-3-13-4-6-14/h3-8,17,19,23H,9-16,18H2,1-2H3,(H2,34,40,41);3-6,11,16H,7-10,12H2,1-2H3,(H,25,26);1-2,7,13H,3-6H2,(H2,12,15,16). The fourth-order valence-corrected chi connectivity index (χ4v) is 13.1. The Balaban J connectivity index is 0.000000185. The Bertz CT molecular complexity index is 3730. The van der Waals surface area contributed by atoms with Crippen molar-refractivity contribution in [2.45, 2.75) is 76.0 Å². The summed E-state index contributed by atoms with van der Waals surface area (Å²) < 4.78 is 73.8. The minimum Gasteiger partial charge on any atom is -0.477 e. The number of anilines is 4. The van der Waals surface area contributed by atoms with E-state index in [1.165, 1.54) is 24.3 Å². The average Bonchev–Trinajstić information content (AvgIpc) is 3.62. The number of nitrogens with zero attached hydrogens (tertiary/aromatic N) is 9. The number of amides is 1. The molecular weight excluding hydrogens is 1130 g/mol. The highest BCUT2D eigenvalue weighted by atomic mass is 32.2. The van der Waals surface area contributed by atoms with Gasteiger partial charge >= 0.3 is 5.97 Å². The number of rotatable bonds is 12. The maximum Gasteiger partial charge on any atom is 0.354 e. The molecule has 0 atom stereocenters. The summed E-state index contributed by atoms with van der Waals surface area (Å²) in [6.45, 7) is 15.6. The molecule has 0 saturated carbocycles. The molecule has 6 N–H and O–H groups in total. The number of carbonyl (C=O) groups is 2. The fourth-order valence-electron chi connectivity index (χ4n) is 11.6. The Hall–Kier alpha value is -8.06. The topological polar surface area (TPSA) is 276 Å². The summed E-state index contributed by atoms with van der Waals surface area (Å²) in [6, 6.07) is 31.1. The summed E-state index contributed by atoms with van der Waals surface area (Å²) in [4.78, 5) is 43.8. The number of halogens is 2. The molecule has 1 amide bonds. The number of sulfonamides is 2. The molecular formula is C62H72F2N12O7S2. The van der Waals surface area contributed by atoms with E-state index in [0.29, 0.717) is 84.9 Å². The quantitative estimate of drug-likeness (QED) is 0.0930. The van der Waals surface area contributed by atoms with Crippen LogP contribution in [0, 0.1) is 73.8 Å². The number of carbonyl (C=O) groups excluding carboxylic acids is 1. The van der Waals surface area contributed by atoms with Gasteiger partial charge < -0.3 is 34.9 Å². The number of carboxylic acids is 1. The lowest BCUT2D eigenvalue weighted by Gasteiger charge is -2.37. The Labute approximate surface area is 496 Å². The van der Waals surface area contributed by atoms with Crippen LogP contribution < -0.4 is 35.2 Å². The number of primary sulfonamides is 2. The lowest BCUT2D eigenvalue weighted by atomic mass is 9.90. The summed E-state index contributed by atoms with van der Waals surface area (Å²) in [5.74, 6) is -1.49. The second kappa shape index (κ2) is 27.8. The zero-order valence-electron chi connectivity index (χ0n) is 48.3. The molecule has 19 nitrogen and oxygen atoms in total. The number of aromatic nitrogens is 2. The lowest BCUT2D eigenvalue weighted by Crippen LogP contribution is -2.49. The number of nitriles is 2. The predicted octanol–water partition coefficient (Wildman–Crippen LogP) is 7.39. The Kier molecular flexibility index (Phi) is 20.6. The molecule has 4 aliphatic rings. The highest BCUT2D eigenvalue weighted by Crippen LogP contribution is 2.32. The van der Waals surface area contributed by atoms with Gasteiger partial charge in [0.05, 0.1) is 33.9 Å². The van der Waals surface area contributed by atoms with Crippen molar-refractivity contribution in [3.05, 3.63) is 165 Å². The number of carboxylic acid groups (broad SMARTS) is 1. The number of piperidine rings is 2. The monoisotopic (exact) mass is 1200 g/mol. The maximum atomic E-state index is 13.8. The highest BCUT2D eigenvalue weighted by Gasteiger charge is 2.30. The molecule has 0 unspecified atom stereocenters. The van der Waals surface area contributed by atoms with Crippen molar-refractivity contribution in [3.8, 4) is 12.1 Å². The number of nitrogens with two attached hydrogens (primary N) is 2. The van der Waals surface area contributed by atoms with E-state index in [4.69, 9.17) is 15.3 Å². The molecule has 4 aromatic carbocycles. The predicted molar refractivity (Wildman–Crippen MR) is 323 cm³/mol. The molecule has 6 aromatic rings. The summed E-state index contributed by atoms with van der Waals surface area (Å²) >= 11 is 0. The van der Waals surface area contributed by atoms with E-state index in [-0.39, 0.29) is 21.4 Å². The number of nitrogens with one attached hydrogen (secondary N) is 1. The highest BCUT2D eigenvalue weighted by molar-refractivity contribution is 7.89. The van der Waals surface area contributed by atoms with Crippen molar-refractivity contribution >= 4 is 54.7 Å². The zero-order valence-corrected chi connectivity index (χ0v) is 49.9. The van der Waals surface area contributed by atoms with Crippen molar-refractivity contribution < 1.29 is 40.3 Å². The van der Waals surface area contributed by atoms with Crippen molar-refractivity contribution in [1.82, 2.24) is 20.2 Å². The second-order valence-corrected chi connectivity index (χ2v) is 25.1. The molecule has 85 heavy (non-hydrogen) atoms. The number of piperazine rings is 2. The van der Waals surface area contributed by atoms with Gasteiger partial charge in [0, 0.05) is 89.9 Å². The van der Waals surface area contributed by atoms with Gasteiger partial charge in [-0.1, -0.05) is 36.4 Å². The van der Waals surface area contributed by atoms with Crippen LogP contribution in [0.4, 0.5) is 31.5 Å². The molecule has 4 saturated heterocycles. The molecule has 448 valence electrons. The largest absolute Gasteiger partial charge is 0.477 e. The lowest BCUT2D eigenvalue weighted by molar-refractivity contribution is 0.0687. The second-order valence-electron chi connectivity index (χ2n) is 22.0. The Morgan fingerprint density at radius 1 is 0.553 bits per heavy atom. The average molecular weight is 1200 g/mol. The Morgan fingerprint density at radius 3 is 1.35 bits per heavy atom. The minimum atomic E-state index is -4.11. The number of hydrogen-bond donors (Lipinski definition) is 4. The molecule has 0 spiro atoms. The van der Waals surface area contributed by atoms with E-state index in [2.05, 4.69) is 32.2 Å². The van der Waals surface area contributed by atoms with Crippen LogP contribution in [-0.4, -0.2) is 127 Å². The van der Waals surface area contributed by atoms with Crippen molar-refractivity contribution in [2.75, 3.05) is 98.1 Å². The van der Waals surface area contributed by atoms with Gasteiger partial charge in [-0.3, -0.25) is 4.79 Å². The Morgan fingerprint density at radius 2 is 0.941 bits per heavy atom. The fraction of sp³-hybridized carbons (Fsp3) is 0.387. The summed E-state index contributed by atoms with van der Waals surface area (Å²) in [5.41, 5.74) is 10.3. The first kappa shape index (κ1) is 63.0. The van der Waals surface area contributed by atoms with Gasteiger partial charge in [-0.15, -0.1) is 0 Å². The van der Waals surface area contributed by atoms with E-state index in [1.54, 1.807) is 11.8 Å². The van der Waals surface area contributed by atoms with Gasteiger partial charge in [0.2, 0.25) is 20.0 Å². The third-order valence-electron chi connectivity index (χ3n) is 16.2. The first-order valence-corrected chi connectivity index (χ1v) is 31.4. The molecule has 4 aliphatic heterocycles.